The van der Waals surface area contributed by atoms with E-state index in [1.807, 2.05) is 0 Å². The third kappa shape index (κ3) is 4.78. The monoisotopic (exact) mass is 552 g/mol. The number of alkyl halides is 3. The number of rotatable bonds is 9. The summed E-state index contributed by atoms with van der Waals surface area (Å²) in [6.45, 7) is 2.48. The number of hydrogen-bond donors (Lipinski definition) is 4. The van der Waals surface area contributed by atoms with E-state index in [0.29, 0.717) is 20.8 Å². The zero-order chi connectivity index (χ0) is 28.7. The van der Waals surface area contributed by atoms with Gasteiger partial charge in [0.05, 0.1) is 4.88 Å². The molecule has 0 amide bonds. The summed E-state index contributed by atoms with van der Waals surface area (Å²) >= 11 is 0.732. The van der Waals surface area contributed by atoms with Crippen molar-refractivity contribution in [2.75, 3.05) is 0 Å². The van der Waals surface area contributed by atoms with Crippen molar-refractivity contribution in [2.24, 2.45) is 0 Å². The van der Waals surface area contributed by atoms with Crippen LogP contribution in [0.5, 0.6) is 0 Å². The summed E-state index contributed by atoms with van der Waals surface area (Å²) in [6, 6.07) is 2.50. The van der Waals surface area contributed by atoms with E-state index in [0.717, 1.165) is 18.3 Å². The lowest BCUT2D eigenvalue weighted by molar-refractivity contribution is -0.362. The largest absolute Gasteiger partial charge is 0.459 e. The molecule has 2 rings (SSSR count). The highest BCUT2D eigenvalue weighted by atomic mass is 32.1. The Morgan fingerprint density at radius 3 is 1.95 bits per heavy atom. The Kier molecular flexibility index (Phi) is 8.34. The van der Waals surface area contributed by atoms with Crippen molar-refractivity contribution in [3.05, 3.63) is 28.5 Å². The maximum atomic E-state index is 13.0. The van der Waals surface area contributed by atoms with Crippen LogP contribution in [0.15, 0.2) is 23.6 Å². The molecule has 2 unspecified atom stereocenters. The molecule has 6 atom stereocenters. The number of thiophene rings is 1. The fourth-order valence-corrected chi connectivity index (χ4v) is 4.62. The fourth-order valence-electron chi connectivity index (χ4n) is 3.94. The number of hydrogen-bond acceptors (Lipinski definition) is 12. The number of allylic oxidation sites excluding steroid dienone is 1. The van der Waals surface area contributed by atoms with Crippen LogP contribution >= 0.6 is 11.3 Å². The molecule has 0 aliphatic carbocycles. The predicted molar refractivity (Wildman–Crippen MR) is 117 cm³/mol. The van der Waals surface area contributed by atoms with Gasteiger partial charge in [0.25, 0.3) is 5.78 Å². The van der Waals surface area contributed by atoms with E-state index in [2.05, 4.69) is 0 Å². The predicted octanol–water partition coefficient (Wildman–Crippen LogP) is -0.128. The quantitative estimate of drug-likeness (QED) is 0.236. The molecule has 4 N–H and O–H groups in total. The normalized spacial score (nSPS) is 31.4. The van der Waals surface area contributed by atoms with Gasteiger partial charge in [-0.3, -0.25) is 24.0 Å². The molecule has 1 aliphatic rings. The Morgan fingerprint density at radius 1 is 1.03 bits per heavy atom. The van der Waals surface area contributed by atoms with Gasteiger partial charge in [0, 0.05) is 6.08 Å². The van der Waals surface area contributed by atoms with Gasteiger partial charge in [0.2, 0.25) is 17.5 Å². The molecule has 2 heterocycles. The van der Waals surface area contributed by atoms with Crippen molar-refractivity contribution in [3.8, 4) is 0 Å². The molecule has 1 aromatic rings. The lowest BCUT2D eigenvalue weighted by Gasteiger charge is -2.57. The van der Waals surface area contributed by atoms with Gasteiger partial charge in [-0.15, -0.1) is 11.3 Å². The maximum Gasteiger partial charge on any atom is 0.454 e. The van der Waals surface area contributed by atoms with E-state index in [1.54, 1.807) is 0 Å². The SMILES string of the molecule is CC(=O)C(O)[C@H]1OC(OC(=CC(=O)C(F)(F)F)c2cccs2)[C@@](O)(C(C)=O)[C@](O)(C(C)=O)[C@]1(O)C(C)=O. The van der Waals surface area contributed by atoms with Crippen LogP contribution in [0.2, 0.25) is 0 Å². The highest BCUT2D eigenvalue weighted by molar-refractivity contribution is 7.11. The maximum absolute atomic E-state index is 13.0. The number of ether oxygens (including phenoxy) is 2. The second-order valence-electron chi connectivity index (χ2n) is 8.32. The molecule has 0 bridgehead atoms. The molecule has 15 heteroatoms. The molecule has 204 valence electrons. The highest BCUT2D eigenvalue weighted by Gasteiger charge is 2.80. The second-order valence-corrected chi connectivity index (χ2v) is 9.27. The second kappa shape index (κ2) is 10.2. The van der Waals surface area contributed by atoms with E-state index in [1.165, 1.54) is 17.5 Å². The molecule has 0 saturated carbocycles. The summed E-state index contributed by atoms with van der Waals surface area (Å²) < 4.78 is 49.4. The van der Waals surface area contributed by atoms with E-state index in [-0.39, 0.29) is 11.0 Å². The van der Waals surface area contributed by atoms with Crippen molar-refractivity contribution in [1.29, 1.82) is 0 Å². The summed E-state index contributed by atoms with van der Waals surface area (Å²) in [5.41, 5.74) is -11.2. The van der Waals surface area contributed by atoms with E-state index in [4.69, 9.17) is 9.47 Å². The van der Waals surface area contributed by atoms with Gasteiger partial charge in [0.15, 0.2) is 28.7 Å². The molecule has 1 aromatic heterocycles. The number of carbonyl (C=O) groups is 5. The van der Waals surface area contributed by atoms with Gasteiger partial charge in [-0.1, -0.05) is 6.07 Å². The topological polar surface area (TPSA) is 185 Å². The molecule has 1 aliphatic heterocycles. The average Bonchev–Trinajstić information content (AvgIpc) is 3.31. The van der Waals surface area contributed by atoms with Crippen LogP contribution in [0, 0.1) is 0 Å². The molecule has 0 radical (unpaired) electrons. The molecule has 11 nitrogen and oxygen atoms in total. The van der Waals surface area contributed by atoms with Gasteiger partial charge in [-0.05, 0) is 39.1 Å². The zero-order valence-corrected chi connectivity index (χ0v) is 20.5. The fraction of sp³-hybridized carbons (Fsp3) is 0.500. The molecule has 1 fully saturated rings. The van der Waals surface area contributed by atoms with Gasteiger partial charge < -0.3 is 29.9 Å². The standard InChI is InChI=1S/C22H23F3O11S/c1-9(26)16(31)17-19(32,10(2)27)21(34,12(4)29)20(33,11(3)28)18(36-17)35-13(14-6-5-7-37-14)8-15(30)22(23,24)25/h5-8,16-18,31-34H,1-4H3/t16?,17-,18?,19+,20+,21+/m1/s1. The summed E-state index contributed by atoms with van der Waals surface area (Å²) in [6.07, 6.45) is -13.3. The zero-order valence-electron chi connectivity index (χ0n) is 19.7. The first-order chi connectivity index (χ1) is 16.8. The summed E-state index contributed by atoms with van der Waals surface area (Å²) in [5.74, 6) is -9.32. The Balaban J connectivity index is 2.88. The van der Waals surface area contributed by atoms with Gasteiger partial charge in [-0.2, -0.15) is 13.2 Å². The Morgan fingerprint density at radius 2 is 1.57 bits per heavy atom. The summed E-state index contributed by atoms with van der Waals surface area (Å²) in [4.78, 5) is 61.4. The van der Waals surface area contributed by atoms with E-state index < -0.39 is 76.2 Å². The first-order valence-corrected chi connectivity index (χ1v) is 11.2. The number of aliphatic hydroxyl groups excluding tert-OH is 1. The number of Topliss-reactive ketones (excluding diaryl/α,β-unsaturated/α-hetero) is 4. The third-order valence-corrected chi connectivity index (χ3v) is 6.84. The van der Waals surface area contributed by atoms with Crippen molar-refractivity contribution in [3.63, 3.8) is 0 Å². The van der Waals surface area contributed by atoms with Crippen LogP contribution in [0.3, 0.4) is 0 Å². The van der Waals surface area contributed by atoms with Crippen LogP contribution < -0.4 is 0 Å². The van der Waals surface area contributed by atoms with Gasteiger partial charge in [0.1, 0.15) is 18.0 Å². The molecular weight excluding hydrogens is 529 g/mol. The summed E-state index contributed by atoms with van der Waals surface area (Å²) in [5, 5.41) is 45.8. The summed E-state index contributed by atoms with van der Waals surface area (Å²) in [7, 11) is 0. The molecule has 0 spiro atoms. The average molecular weight is 552 g/mol. The van der Waals surface area contributed by atoms with Crippen LogP contribution in [-0.2, 0) is 33.4 Å². The van der Waals surface area contributed by atoms with Crippen LogP contribution in [0.1, 0.15) is 32.6 Å². The minimum absolute atomic E-state index is 0.0647. The minimum Gasteiger partial charge on any atom is -0.459 e. The van der Waals surface area contributed by atoms with E-state index >= 15 is 0 Å². The lowest BCUT2D eigenvalue weighted by Crippen LogP contribution is -2.87. The van der Waals surface area contributed by atoms with Crippen molar-refractivity contribution in [1.82, 2.24) is 0 Å². The third-order valence-electron chi connectivity index (χ3n) is 5.95. The van der Waals surface area contributed by atoms with Crippen molar-refractivity contribution in [2.45, 2.75) is 69.2 Å². The lowest BCUT2D eigenvalue weighted by atomic mass is 9.60. The van der Waals surface area contributed by atoms with Crippen molar-refractivity contribution >= 4 is 46.0 Å². The van der Waals surface area contributed by atoms with Crippen LogP contribution in [0.25, 0.3) is 5.76 Å². The number of ketones is 5. The first kappa shape index (κ1) is 30.4. The Bertz CT molecular complexity index is 1150. The minimum atomic E-state index is -5.39. The smallest absolute Gasteiger partial charge is 0.454 e. The van der Waals surface area contributed by atoms with Gasteiger partial charge >= 0.3 is 6.18 Å². The van der Waals surface area contributed by atoms with Gasteiger partial charge in [-0.25, -0.2) is 0 Å². The Hall–Kier alpha value is -2.82. The molecule has 0 aromatic carbocycles. The molecular formula is C22H23F3O11S. The number of halogens is 3. The number of aliphatic hydroxyl groups is 4. The first-order valence-electron chi connectivity index (χ1n) is 10.3. The van der Waals surface area contributed by atoms with Crippen LogP contribution in [-0.4, -0.2) is 90.8 Å². The van der Waals surface area contributed by atoms with Crippen LogP contribution in [0.4, 0.5) is 13.2 Å². The van der Waals surface area contributed by atoms with E-state index in [9.17, 15) is 57.6 Å². The van der Waals surface area contributed by atoms with Crippen molar-refractivity contribution < 1.29 is 67.0 Å². The number of carbonyl (C=O) groups excluding carboxylic acids is 5. The molecule has 1 saturated heterocycles. The molecule has 37 heavy (non-hydrogen) atoms. The Labute approximate surface area is 211 Å². The highest BCUT2D eigenvalue weighted by Crippen LogP contribution is 2.49.